The molecule has 1 aromatic rings. The van der Waals surface area contributed by atoms with Gasteiger partial charge >= 0.3 is 0 Å². The predicted octanol–water partition coefficient (Wildman–Crippen LogP) is 5.43. The molecule has 8 heteroatoms. The molecule has 170 valence electrons. The number of benzene rings is 1. The van der Waals surface area contributed by atoms with E-state index in [-0.39, 0.29) is 5.91 Å². The highest BCUT2D eigenvalue weighted by Gasteiger charge is 2.27. The Balaban J connectivity index is 2.04. The first-order valence-corrected chi connectivity index (χ1v) is 12.1. The summed E-state index contributed by atoms with van der Waals surface area (Å²) in [6.07, 6.45) is 10.9. The third-order valence-electron chi connectivity index (χ3n) is 5.08. The minimum Gasteiger partial charge on any atom is -0.396 e. The molecule has 4 N–H and O–H groups in total. The van der Waals surface area contributed by atoms with E-state index < -0.39 is 6.04 Å². The quantitative estimate of drug-likeness (QED) is 0.235. The number of rotatable bonds is 10. The summed E-state index contributed by atoms with van der Waals surface area (Å²) >= 11 is 13.6. The van der Waals surface area contributed by atoms with Gasteiger partial charge in [-0.3, -0.25) is 4.79 Å². The van der Waals surface area contributed by atoms with Crippen molar-refractivity contribution >= 4 is 46.7 Å². The first kappa shape index (κ1) is 25.7. The minimum absolute atomic E-state index is 0.0715. The second kappa shape index (κ2) is 13.1. The van der Waals surface area contributed by atoms with Crippen molar-refractivity contribution in [3.05, 3.63) is 58.8 Å². The number of nitrogens with one attached hydrogen (secondary N) is 2. The van der Waals surface area contributed by atoms with Crippen LogP contribution < -0.4 is 15.8 Å². The number of nitrogens with zero attached hydrogens (tertiary/aromatic N) is 1. The number of halogens is 2. The van der Waals surface area contributed by atoms with Crippen molar-refractivity contribution < 1.29 is 4.79 Å². The van der Waals surface area contributed by atoms with Gasteiger partial charge in [0.15, 0.2) is 0 Å². The lowest BCUT2D eigenvalue weighted by Gasteiger charge is -2.33. The Morgan fingerprint density at radius 3 is 2.58 bits per heavy atom. The summed E-state index contributed by atoms with van der Waals surface area (Å²) < 4.78 is 3.28. The van der Waals surface area contributed by atoms with Crippen LogP contribution in [0.3, 0.4) is 0 Å². The SMILES string of the molecule is C=C(/C=C\C=C/CC)NCC(NSc1cc(Cl)c(N)c(Cl)c1)C(=O)N1CCC(C)CC1. The summed E-state index contributed by atoms with van der Waals surface area (Å²) in [6, 6.07) is 3.03. The Morgan fingerprint density at radius 2 is 1.97 bits per heavy atom. The van der Waals surface area contributed by atoms with Gasteiger partial charge in [-0.25, -0.2) is 4.72 Å². The van der Waals surface area contributed by atoms with Crippen LogP contribution in [-0.2, 0) is 4.79 Å². The molecular weight excluding hydrogens is 451 g/mol. The number of allylic oxidation sites excluding steroid dienone is 4. The van der Waals surface area contributed by atoms with E-state index in [9.17, 15) is 4.79 Å². The van der Waals surface area contributed by atoms with Gasteiger partial charge < -0.3 is 16.0 Å². The molecule has 1 unspecified atom stereocenters. The van der Waals surface area contributed by atoms with Crippen LogP contribution >= 0.6 is 35.1 Å². The van der Waals surface area contributed by atoms with E-state index in [1.165, 1.54) is 11.9 Å². The normalized spacial score (nSPS) is 16.2. The lowest BCUT2D eigenvalue weighted by molar-refractivity contribution is -0.134. The Labute approximate surface area is 200 Å². The molecule has 0 aliphatic carbocycles. The molecule has 1 atom stereocenters. The topological polar surface area (TPSA) is 70.4 Å². The maximum atomic E-state index is 13.2. The number of nitrogens with two attached hydrogens (primary N) is 1. The van der Waals surface area contributed by atoms with Crippen molar-refractivity contribution in [2.45, 2.75) is 44.0 Å². The van der Waals surface area contributed by atoms with E-state index in [1.807, 2.05) is 23.1 Å². The van der Waals surface area contributed by atoms with Crippen molar-refractivity contribution in [1.29, 1.82) is 0 Å². The number of nitrogen functional groups attached to an aromatic ring is 1. The first-order chi connectivity index (χ1) is 14.8. The highest BCUT2D eigenvalue weighted by Crippen LogP contribution is 2.32. The highest BCUT2D eigenvalue weighted by atomic mass is 35.5. The maximum Gasteiger partial charge on any atom is 0.242 e. The van der Waals surface area contributed by atoms with Crippen LogP contribution in [-0.4, -0.2) is 36.5 Å². The molecule has 1 aliphatic heterocycles. The van der Waals surface area contributed by atoms with E-state index in [2.05, 4.69) is 36.5 Å². The van der Waals surface area contributed by atoms with E-state index in [1.54, 1.807) is 12.1 Å². The molecule has 31 heavy (non-hydrogen) atoms. The fourth-order valence-electron chi connectivity index (χ4n) is 3.07. The van der Waals surface area contributed by atoms with Crippen molar-refractivity contribution in [2.24, 2.45) is 5.92 Å². The lowest BCUT2D eigenvalue weighted by Crippen LogP contribution is -2.51. The zero-order valence-corrected chi connectivity index (χ0v) is 20.5. The van der Waals surface area contributed by atoms with Gasteiger partial charge in [0, 0.05) is 30.2 Å². The van der Waals surface area contributed by atoms with E-state index >= 15 is 0 Å². The number of carbonyl (C=O) groups is 1. The van der Waals surface area contributed by atoms with Crippen LogP contribution in [0.1, 0.15) is 33.1 Å². The summed E-state index contributed by atoms with van der Waals surface area (Å²) in [7, 11) is 0. The number of hydrogen-bond donors (Lipinski definition) is 3. The van der Waals surface area contributed by atoms with Crippen LogP contribution in [0.25, 0.3) is 0 Å². The molecule has 0 aromatic heterocycles. The van der Waals surface area contributed by atoms with Crippen molar-refractivity contribution in [1.82, 2.24) is 14.9 Å². The molecule has 1 heterocycles. The smallest absolute Gasteiger partial charge is 0.242 e. The number of anilines is 1. The monoisotopic (exact) mass is 482 g/mol. The third kappa shape index (κ3) is 8.45. The fourth-order valence-corrected chi connectivity index (χ4v) is 4.50. The number of carbonyl (C=O) groups excluding carboxylic acids is 1. The van der Waals surface area contributed by atoms with E-state index in [4.69, 9.17) is 28.9 Å². The summed E-state index contributed by atoms with van der Waals surface area (Å²) in [6.45, 7) is 10.3. The third-order valence-corrected chi connectivity index (χ3v) is 6.58. The zero-order valence-electron chi connectivity index (χ0n) is 18.2. The van der Waals surface area contributed by atoms with Crippen molar-refractivity contribution in [2.75, 3.05) is 25.4 Å². The van der Waals surface area contributed by atoms with Gasteiger partial charge in [0.1, 0.15) is 6.04 Å². The molecule has 0 bridgehead atoms. The Kier molecular flexibility index (Phi) is 10.8. The van der Waals surface area contributed by atoms with Gasteiger partial charge in [0.2, 0.25) is 5.91 Å². The molecule has 1 amide bonds. The standard InChI is InChI=1S/C23H32Cl2N4OS/c1-4-5-6-7-8-17(3)27-15-21(23(30)29-11-9-16(2)10-12-29)28-31-18-13-19(24)22(26)20(25)14-18/h5-8,13-14,16,21,27-28H,3-4,9-12,15,26H2,1-2H3/b6-5-,8-7-. The van der Waals surface area contributed by atoms with Gasteiger partial charge in [-0.15, -0.1) is 0 Å². The Morgan fingerprint density at radius 1 is 1.32 bits per heavy atom. The average molecular weight is 484 g/mol. The van der Waals surface area contributed by atoms with Gasteiger partial charge in [0.05, 0.1) is 15.7 Å². The van der Waals surface area contributed by atoms with Crippen LogP contribution in [0.5, 0.6) is 0 Å². The van der Waals surface area contributed by atoms with E-state index in [0.717, 1.165) is 42.9 Å². The predicted molar refractivity (Wildman–Crippen MR) is 134 cm³/mol. The minimum atomic E-state index is -0.440. The summed E-state index contributed by atoms with van der Waals surface area (Å²) in [5.41, 5.74) is 6.92. The molecule has 1 fully saturated rings. The molecule has 0 radical (unpaired) electrons. The second-order valence-corrected chi connectivity index (χ2v) is 9.41. The number of hydrogen-bond acceptors (Lipinski definition) is 5. The molecule has 1 saturated heterocycles. The molecule has 1 aliphatic rings. The van der Waals surface area contributed by atoms with E-state index in [0.29, 0.717) is 28.2 Å². The maximum absolute atomic E-state index is 13.2. The highest BCUT2D eigenvalue weighted by molar-refractivity contribution is 7.97. The lowest BCUT2D eigenvalue weighted by atomic mass is 9.99. The molecule has 0 spiro atoms. The zero-order chi connectivity index (χ0) is 22.8. The number of likely N-dealkylation sites (tertiary alicyclic amines) is 1. The summed E-state index contributed by atoms with van der Waals surface area (Å²) in [5, 5.41) is 4.03. The Bertz CT molecular complexity index is 797. The molecule has 2 rings (SSSR count). The molecule has 1 aromatic carbocycles. The summed E-state index contributed by atoms with van der Waals surface area (Å²) in [5.74, 6) is 0.727. The largest absolute Gasteiger partial charge is 0.396 e. The first-order valence-electron chi connectivity index (χ1n) is 10.5. The van der Waals surface area contributed by atoms with Gasteiger partial charge in [-0.1, -0.05) is 61.9 Å². The van der Waals surface area contributed by atoms with Crippen molar-refractivity contribution in [3.63, 3.8) is 0 Å². The van der Waals surface area contributed by atoms with Crippen LogP contribution in [0, 0.1) is 5.92 Å². The number of piperidine rings is 1. The number of amides is 1. The van der Waals surface area contributed by atoms with Gasteiger partial charge in [0.25, 0.3) is 0 Å². The van der Waals surface area contributed by atoms with Crippen LogP contribution in [0.4, 0.5) is 5.69 Å². The van der Waals surface area contributed by atoms with Crippen LogP contribution in [0.2, 0.25) is 10.0 Å². The van der Waals surface area contributed by atoms with Gasteiger partial charge in [-0.2, -0.15) is 0 Å². The Hall–Kier alpha value is -1.60. The van der Waals surface area contributed by atoms with Crippen molar-refractivity contribution in [3.8, 4) is 0 Å². The van der Waals surface area contributed by atoms with Crippen LogP contribution in [0.15, 0.2) is 53.6 Å². The fraction of sp³-hybridized carbons (Fsp3) is 0.435. The average Bonchev–Trinajstić information content (AvgIpc) is 2.75. The second-order valence-electron chi connectivity index (χ2n) is 7.68. The molecule has 0 saturated carbocycles. The molecular formula is C23H32Cl2N4OS. The van der Waals surface area contributed by atoms with Gasteiger partial charge in [-0.05, 0) is 55.3 Å². The molecule has 5 nitrogen and oxygen atoms in total. The summed E-state index contributed by atoms with van der Waals surface area (Å²) in [4.78, 5) is 15.9.